The number of carbonyl (C=O) groups is 2. The summed E-state index contributed by atoms with van der Waals surface area (Å²) in [5.74, 6) is -1.67. The smallest absolute Gasteiger partial charge is 0.336 e. The van der Waals surface area contributed by atoms with Crippen molar-refractivity contribution in [3.63, 3.8) is 0 Å². The maximum atomic E-state index is 12.3. The highest BCUT2D eigenvalue weighted by Crippen LogP contribution is 2.36. The van der Waals surface area contributed by atoms with Crippen molar-refractivity contribution < 1.29 is 29.3 Å². The molecule has 2 aliphatic rings. The molecule has 0 bridgehead atoms. The van der Waals surface area contributed by atoms with Crippen molar-refractivity contribution in [3.8, 4) is 0 Å². The molecule has 1 aliphatic carbocycles. The molecule has 0 amide bonds. The highest BCUT2D eigenvalue weighted by atomic mass is 16.6. The topological polar surface area (TPSA) is 93.1 Å². The summed E-state index contributed by atoms with van der Waals surface area (Å²) in [6, 6.07) is 0. The molecule has 1 heterocycles. The van der Waals surface area contributed by atoms with Crippen LogP contribution in [0.4, 0.5) is 0 Å². The fourth-order valence-corrected chi connectivity index (χ4v) is 3.36. The van der Waals surface area contributed by atoms with Gasteiger partial charge in [-0.05, 0) is 33.3 Å². The third-order valence-electron chi connectivity index (χ3n) is 4.68. The van der Waals surface area contributed by atoms with E-state index in [4.69, 9.17) is 9.47 Å². The van der Waals surface area contributed by atoms with Gasteiger partial charge in [0.25, 0.3) is 0 Å². The molecule has 0 radical (unpaired) electrons. The maximum absolute atomic E-state index is 12.3. The van der Waals surface area contributed by atoms with Crippen molar-refractivity contribution in [2.75, 3.05) is 6.61 Å². The predicted octanol–water partition coefficient (Wildman–Crippen LogP) is 1.98. The number of allylic oxidation sites excluding steroid dienone is 1. The number of rotatable bonds is 3. The molecule has 0 aromatic carbocycles. The van der Waals surface area contributed by atoms with Crippen LogP contribution in [-0.4, -0.2) is 47.1 Å². The predicted molar refractivity (Wildman–Crippen MR) is 96.0 cm³/mol. The summed E-state index contributed by atoms with van der Waals surface area (Å²) < 4.78 is 11.0. The van der Waals surface area contributed by atoms with E-state index in [0.717, 1.165) is 11.1 Å². The van der Waals surface area contributed by atoms with Gasteiger partial charge in [0, 0.05) is 12.0 Å². The lowest BCUT2D eigenvalue weighted by Gasteiger charge is -2.28. The molecular formula is C20H26O6. The van der Waals surface area contributed by atoms with E-state index in [0.29, 0.717) is 12.8 Å². The number of hydrogen-bond acceptors (Lipinski definition) is 6. The minimum Gasteiger partial charge on any atom is -0.458 e. The molecule has 0 spiro atoms. The highest BCUT2D eigenvalue weighted by molar-refractivity contribution is 5.92. The van der Waals surface area contributed by atoms with Crippen LogP contribution in [0.5, 0.6) is 0 Å². The first-order valence-electron chi connectivity index (χ1n) is 8.66. The molecule has 2 N–H and O–H groups in total. The number of ether oxygens (including phenoxy) is 2. The van der Waals surface area contributed by atoms with E-state index >= 15 is 0 Å². The molecule has 142 valence electrons. The molecule has 4 atom stereocenters. The minimum absolute atomic E-state index is 0.142. The molecule has 26 heavy (non-hydrogen) atoms. The molecule has 0 saturated carbocycles. The highest BCUT2D eigenvalue weighted by Gasteiger charge is 2.44. The second kappa shape index (κ2) is 8.47. The van der Waals surface area contributed by atoms with Crippen molar-refractivity contribution >= 4 is 11.9 Å². The van der Waals surface area contributed by atoms with Crippen LogP contribution in [0.25, 0.3) is 0 Å². The van der Waals surface area contributed by atoms with Gasteiger partial charge in [0.1, 0.15) is 12.2 Å². The first-order chi connectivity index (χ1) is 12.3. The van der Waals surface area contributed by atoms with Gasteiger partial charge in [0.05, 0.1) is 24.2 Å². The summed E-state index contributed by atoms with van der Waals surface area (Å²) in [6.45, 7) is 8.72. The summed E-state index contributed by atoms with van der Waals surface area (Å²) in [4.78, 5) is 24.4. The normalized spacial score (nSPS) is 34.1. The molecule has 6 heteroatoms. The summed E-state index contributed by atoms with van der Waals surface area (Å²) in [5.41, 5.74) is 2.11. The van der Waals surface area contributed by atoms with Gasteiger partial charge >= 0.3 is 11.9 Å². The Labute approximate surface area is 153 Å². The van der Waals surface area contributed by atoms with E-state index in [1.54, 1.807) is 19.1 Å². The van der Waals surface area contributed by atoms with Crippen LogP contribution in [-0.2, 0) is 19.1 Å². The molecule has 1 saturated heterocycles. The lowest BCUT2D eigenvalue weighted by molar-refractivity contribution is -0.147. The van der Waals surface area contributed by atoms with E-state index in [-0.39, 0.29) is 11.1 Å². The van der Waals surface area contributed by atoms with E-state index in [1.165, 1.54) is 6.08 Å². The van der Waals surface area contributed by atoms with E-state index in [1.807, 2.05) is 13.8 Å². The summed E-state index contributed by atoms with van der Waals surface area (Å²) in [6.07, 6.45) is 3.79. The van der Waals surface area contributed by atoms with Gasteiger partial charge in [-0.1, -0.05) is 29.9 Å². The average molecular weight is 362 g/mol. The summed E-state index contributed by atoms with van der Waals surface area (Å²) in [5, 5.41) is 19.4. The van der Waals surface area contributed by atoms with Crippen molar-refractivity contribution in [3.05, 3.63) is 47.1 Å². The molecule has 2 rings (SSSR count). The van der Waals surface area contributed by atoms with Gasteiger partial charge in [-0.3, -0.25) is 0 Å². The van der Waals surface area contributed by atoms with E-state index < -0.39 is 42.8 Å². The van der Waals surface area contributed by atoms with Gasteiger partial charge < -0.3 is 19.7 Å². The monoisotopic (exact) mass is 362 g/mol. The van der Waals surface area contributed by atoms with E-state index in [2.05, 4.69) is 6.58 Å². The van der Waals surface area contributed by atoms with Crippen molar-refractivity contribution in [1.82, 2.24) is 0 Å². The summed E-state index contributed by atoms with van der Waals surface area (Å²) in [7, 11) is 0. The number of aliphatic hydroxyl groups is 2. The Balaban J connectivity index is 2.41. The largest absolute Gasteiger partial charge is 0.458 e. The second-order valence-corrected chi connectivity index (χ2v) is 6.84. The van der Waals surface area contributed by atoms with Crippen LogP contribution in [0.2, 0.25) is 0 Å². The first kappa shape index (κ1) is 20.1. The van der Waals surface area contributed by atoms with Crippen LogP contribution in [0.3, 0.4) is 0 Å². The molecule has 0 aromatic rings. The third kappa shape index (κ3) is 4.51. The molecular weight excluding hydrogens is 336 g/mol. The van der Waals surface area contributed by atoms with Gasteiger partial charge in [0.15, 0.2) is 0 Å². The Morgan fingerprint density at radius 1 is 1.35 bits per heavy atom. The SMILES string of the molecule is C=C1C(=O)O[C@@H]2/C=C(\C)C[C@H](O)/C=C(\C)C[C@@H](OC(=O)/C(=C/C)CO)[C@H]12. The zero-order valence-corrected chi connectivity index (χ0v) is 15.4. The maximum Gasteiger partial charge on any atom is 0.336 e. The van der Waals surface area contributed by atoms with Crippen LogP contribution < -0.4 is 0 Å². The fourth-order valence-electron chi connectivity index (χ4n) is 3.36. The average Bonchev–Trinajstić information content (AvgIpc) is 2.81. The Morgan fingerprint density at radius 3 is 2.62 bits per heavy atom. The minimum atomic E-state index is -0.696. The number of hydrogen-bond donors (Lipinski definition) is 2. The second-order valence-electron chi connectivity index (χ2n) is 6.84. The number of carbonyl (C=O) groups excluding carboxylic acids is 2. The first-order valence-corrected chi connectivity index (χ1v) is 8.66. The fraction of sp³-hybridized carbons (Fsp3) is 0.500. The van der Waals surface area contributed by atoms with E-state index in [9.17, 15) is 19.8 Å². The zero-order chi connectivity index (χ0) is 19.4. The molecule has 0 aromatic heterocycles. The van der Waals surface area contributed by atoms with Gasteiger partial charge in [0.2, 0.25) is 0 Å². The lowest BCUT2D eigenvalue weighted by atomic mass is 9.85. The standard InChI is InChI=1S/C20H26O6/c1-5-14(10-21)20(24)26-17-9-12(3)7-15(22)6-11(2)8-16-18(17)13(4)19(23)25-16/h5,7-8,15-18,21-22H,4,6,9-10H2,1-3H3/b11-8+,12-7+,14-5+/t15-,16+,17+,18+/m0/s1. The third-order valence-corrected chi connectivity index (χ3v) is 4.68. The number of fused-ring (bicyclic) bond motifs is 1. The van der Waals surface area contributed by atoms with Crippen LogP contribution in [0.1, 0.15) is 33.6 Å². The van der Waals surface area contributed by atoms with Crippen molar-refractivity contribution in [2.45, 2.75) is 51.9 Å². The van der Waals surface area contributed by atoms with Gasteiger partial charge in [-0.15, -0.1) is 0 Å². The molecule has 1 aliphatic heterocycles. The van der Waals surface area contributed by atoms with Gasteiger partial charge in [-0.2, -0.15) is 0 Å². The van der Waals surface area contributed by atoms with Crippen LogP contribution >= 0.6 is 0 Å². The lowest BCUT2D eigenvalue weighted by Crippen LogP contribution is -2.34. The van der Waals surface area contributed by atoms with Crippen molar-refractivity contribution in [1.29, 1.82) is 0 Å². The quantitative estimate of drug-likeness (QED) is 0.453. The van der Waals surface area contributed by atoms with Crippen LogP contribution in [0.15, 0.2) is 47.1 Å². The Bertz CT molecular complexity index is 684. The molecule has 1 fully saturated rings. The van der Waals surface area contributed by atoms with Crippen molar-refractivity contribution in [2.24, 2.45) is 5.92 Å². The zero-order valence-electron chi connectivity index (χ0n) is 15.4. The Hall–Kier alpha value is -2.18. The Morgan fingerprint density at radius 2 is 2.00 bits per heavy atom. The summed E-state index contributed by atoms with van der Waals surface area (Å²) >= 11 is 0. The Kier molecular flexibility index (Phi) is 6.56. The van der Waals surface area contributed by atoms with Gasteiger partial charge in [-0.25, -0.2) is 9.59 Å². The molecule has 0 unspecified atom stereocenters. The molecule has 6 nitrogen and oxygen atoms in total. The van der Waals surface area contributed by atoms with Crippen LogP contribution in [0, 0.1) is 5.92 Å². The number of aliphatic hydroxyl groups excluding tert-OH is 2. The number of esters is 2.